The molecule has 1 aliphatic rings. The number of nitrogens with two attached hydrogens (primary N) is 2. The van der Waals surface area contributed by atoms with Crippen LogP contribution >= 0.6 is 23.8 Å². The zero-order valence-electron chi connectivity index (χ0n) is 10.4. The number of hydrogen-bond acceptors (Lipinski definition) is 3. The van der Waals surface area contributed by atoms with E-state index in [1.165, 1.54) is 0 Å². The molecule has 2 rings (SSSR count). The highest BCUT2D eigenvalue weighted by atomic mass is 35.5. The maximum atomic E-state index is 11.1. The Balaban J connectivity index is 2.04. The van der Waals surface area contributed by atoms with E-state index < -0.39 is 0 Å². The van der Waals surface area contributed by atoms with Gasteiger partial charge in [-0.15, -0.1) is 0 Å². The molecule has 1 atom stereocenters. The number of rotatable bonds is 4. The lowest BCUT2D eigenvalue weighted by molar-refractivity contribution is -0.121. The summed E-state index contributed by atoms with van der Waals surface area (Å²) in [6, 6.07) is 5.57. The van der Waals surface area contributed by atoms with Gasteiger partial charge in [0.05, 0.1) is 5.92 Å². The third-order valence-corrected chi connectivity index (χ3v) is 3.99. The molecule has 1 amide bonds. The molecule has 1 saturated heterocycles. The lowest BCUT2D eigenvalue weighted by atomic mass is 10.1. The van der Waals surface area contributed by atoms with Crippen molar-refractivity contribution in [2.45, 2.75) is 13.0 Å². The first kappa shape index (κ1) is 14.2. The predicted octanol–water partition coefficient (Wildman–Crippen LogP) is 1.28. The van der Waals surface area contributed by atoms with Crippen LogP contribution in [0.1, 0.15) is 17.5 Å². The van der Waals surface area contributed by atoms with Crippen molar-refractivity contribution in [2.75, 3.05) is 13.1 Å². The van der Waals surface area contributed by atoms with E-state index in [0.29, 0.717) is 23.1 Å². The number of halogens is 1. The second-order valence-electron chi connectivity index (χ2n) is 4.79. The largest absolute Gasteiger partial charge is 0.389 e. The minimum Gasteiger partial charge on any atom is -0.389 e. The molecule has 6 heteroatoms. The fourth-order valence-corrected chi connectivity index (χ4v) is 2.65. The molecule has 102 valence electrons. The summed E-state index contributed by atoms with van der Waals surface area (Å²) in [5.74, 6) is -0.271. The van der Waals surface area contributed by atoms with Gasteiger partial charge in [0, 0.05) is 23.7 Å². The van der Waals surface area contributed by atoms with Crippen LogP contribution in [0.3, 0.4) is 0 Å². The van der Waals surface area contributed by atoms with E-state index in [4.69, 9.17) is 35.3 Å². The molecule has 0 aliphatic carbocycles. The van der Waals surface area contributed by atoms with Crippen LogP contribution in [0.2, 0.25) is 5.02 Å². The highest BCUT2D eigenvalue weighted by Crippen LogP contribution is 2.23. The highest BCUT2D eigenvalue weighted by molar-refractivity contribution is 7.80. The first-order valence-electron chi connectivity index (χ1n) is 6.07. The summed E-state index contributed by atoms with van der Waals surface area (Å²) in [4.78, 5) is 13.6. The van der Waals surface area contributed by atoms with E-state index in [1.54, 1.807) is 6.07 Å². The monoisotopic (exact) mass is 297 g/mol. The molecular weight excluding hydrogens is 282 g/mol. The number of carbonyl (C=O) groups is 1. The van der Waals surface area contributed by atoms with Crippen LogP contribution in [-0.2, 0) is 11.3 Å². The van der Waals surface area contributed by atoms with Crippen LogP contribution in [0, 0.1) is 5.92 Å². The zero-order chi connectivity index (χ0) is 14.0. The molecule has 1 heterocycles. The zero-order valence-corrected chi connectivity index (χ0v) is 12.0. The third-order valence-electron chi connectivity index (χ3n) is 3.41. The van der Waals surface area contributed by atoms with Crippen molar-refractivity contribution in [3.05, 3.63) is 34.3 Å². The van der Waals surface area contributed by atoms with Crippen molar-refractivity contribution in [3.8, 4) is 0 Å². The topological polar surface area (TPSA) is 72.4 Å². The van der Waals surface area contributed by atoms with Crippen molar-refractivity contribution in [2.24, 2.45) is 17.4 Å². The number of carbonyl (C=O) groups excluding carboxylic acids is 1. The lowest BCUT2D eigenvalue weighted by Gasteiger charge is -2.16. The van der Waals surface area contributed by atoms with Gasteiger partial charge in [0.25, 0.3) is 0 Å². The molecule has 1 unspecified atom stereocenters. The van der Waals surface area contributed by atoms with Gasteiger partial charge in [0.15, 0.2) is 0 Å². The van der Waals surface area contributed by atoms with Crippen molar-refractivity contribution in [3.63, 3.8) is 0 Å². The van der Waals surface area contributed by atoms with Crippen LogP contribution in [-0.4, -0.2) is 28.9 Å². The van der Waals surface area contributed by atoms with Gasteiger partial charge in [0.1, 0.15) is 4.99 Å². The van der Waals surface area contributed by atoms with E-state index in [2.05, 4.69) is 4.90 Å². The number of benzene rings is 1. The van der Waals surface area contributed by atoms with E-state index in [9.17, 15) is 4.79 Å². The molecular formula is C13H16ClN3OS. The Hall–Kier alpha value is -1.17. The van der Waals surface area contributed by atoms with E-state index in [0.717, 1.165) is 24.1 Å². The Morgan fingerprint density at radius 1 is 1.47 bits per heavy atom. The van der Waals surface area contributed by atoms with Crippen molar-refractivity contribution in [1.29, 1.82) is 0 Å². The SMILES string of the molecule is NC(=O)C1CCN(Cc2ccc(C(N)=S)cc2Cl)C1. The number of amides is 1. The molecule has 4 nitrogen and oxygen atoms in total. The Morgan fingerprint density at radius 3 is 2.74 bits per heavy atom. The smallest absolute Gasteiger partial charge is 0.221 e. The number of likely N-dealkylation sites (tertiary alicyclic amines) is 1. The molecule has 0 radical (unpaired) electrons. The standard InChI is InChI=1S/C13H16ClN3OS/c14-11-5-8(13(16)19)1-2-9(11)6-17-4-3-10(7-17)12(15)18/h1-2,5,10H,3-4,6-7H2,(H2,15,18)(H2,16,19). The molecule has 1 aliphatic heterocycles. The molecule has 0 aromatic heterocycles. The quantitative estimate of drug-likeness (QED) is 0.821. The van der Waals surface area contributed by atoms with Crippen LogP contribution < -0.4 is 11.5 Å². The van der Waals surface area contributed by atoms with E-state index in [1.807, 2.05) is 12.1 Å². The van der Waals surface area contributed by atoms with Gasteiger partial charge in [-0.25, -0.2) is 0 Å². The van der Waals surface area contributed by atoms with Crippen LogP contribution in [0.4, 0.5) is 0 Å². The summed E-state index contributed by atoms with van der Waals surface area (Å²) in [5.41, 5.74) is 12.6. The van der Waals surface area contributed by atoms with Crippen LogP contribution in [0.5, 0.6) is 0 Å². The average molecular weight is 298 g/mol. The fraction of sp³-hybridized carbons (Fsp3) is 0.385. The molecule has 0 spiro atoms. The van der Waals surface area contributed by atoms with Gasteiger partial charge in [-0.1, -0.05) is 36.0 Å². The van der Waals surface area contributed by atoms with Gasteiger partial charge in [0.2, 0.25) is 5.91 Å². The van der Waals surface area contributed by atoms with Crippen LogP contribution in [0.15, 0.2) is 18.2 Å². The third kappa shape index (κ3) is 3.43. The number of thiocarbonyl (C=S) groups is 1. The molecule has 0 saturated carbocycles. The predicted molar refractivity (Wildman–Crippen MR) is 79.9 cm³/mol. The Labute approximate surface area is 122 Å². The second-order valence-corrected chi connectivity index (χ2v) is 5.64. The summed E-state index contributed by atoms with van der Waals surface area (Å²) < 4.78 is 0. The summed E-state index contributed by atoms with van der Waals surface area (Å²) >= 11 is 11.1. The van der Waals surface area contributed by atoms with E-state index >= 15 is 0 Å². The van der Waals surface area contributed by atoms with Crippen molar-refractivity contribution < 1.29 is 4.79 Å². The van der Waals surface area contributed by atoms with Gasteiger partial charge in [-0.3, -0.25) is 9.69 Å². The molecule has 4 N–H and O–H groups in total. The van der Waals surface area contributed by atoms with Gasteiger partial charge < -0.3 is 11.5 Å². The lowest BCUT2D eigenvalue weighted by Crippen LogP contribution is -2.27. The summed E-state index contributed by atoms with van der Waals surface area (Å²) in [6.07, 6.45) is 0.817. The van der Waals surface area contributed by atoms with Crippen molar-refractivity contribution >= 4 is 34.7 Å². The van der Waals surface area contributed by atoms with Crippen LogP contribution in [0.25, 0.3) is 0 Å². The van der Waals surface area contributed by atoms with Crippen molar-refractivity contribution in [1.82, 2.24) is 4.90 Å². The Kier molecular flexibility index (Phi) is 4.39. The Morgan fingerprint density at radius 2 is 2.21 bits per heavy atom. The summed E-state index contributed by atoms with van der Waals surface area (Å²) in [5, 5.41) is 0.646. The van der Waals surface area contributed by atoms with Gasteiger partial charge in [-0.05, 0) is 24.6 Å². The molecule has 19 heavy (non-hydrogen) atoms. The number of hydrogen-bond donors (Lipinski definition) is 2. The number of primary amides is 1. The molecule has 1 aromatic rings. The summed E-state index contributed by atoms with van der Waals surface area (Å²) in [7, 11) is 0. The van der Waals surface area contributed by atoms with E-state index in [-0.39, 0.29) is 11.8 Å². The van der Waals surface area contributed by atoms with Gasteiger partial charge >= 0.3 is 0 Å². The molecule has 1 aromatic carbocycles. The Bertz CT molecular complexity index is 521. The average Bonchev–Trinajstić information content (AvgIpc) is 2.80. The maximum Gasteiger partial charge on any atom is 0.221 e. The van der Waals surface area contributed by atoms with Gasteiger partial charge in [-0.2, -0.15) is 0 Å². The maximum absolute atomic E-state index is 11.1. The molecule has 0 bridgehead atoms. The highest BCUT2D eigenvalue weighted by Gasteiger charge is 2.26. The minimum absolute atomic E-state index is 0.0466. The fourth-order valence-electron chi connectivity index (χ4n) is 2.28. The first-order chi connectivity index (χ1) is 8.97. The minimum atomic E-state index is -0.225. The normalized spacial score (nSPS) is 19.5. The molecule has 1 fully saturated rings. The second kappa shape index (κ2) is 5.86. The summed E-state index contributed by atoms with van der Waals surface area (Å²) in [6.45, 7) is 2.27. The first-order valence-corrected chi connectivity index (χ1v) is 6.86. The number of nitrogens with zero attached hydrogens (tertiary/aromatic N) is 1.